The molecule has 5 heteroatoms. The second kappa shape index (κ2) is 12.3. The molecule has 2 saturated carbocycles. The van der Waals surface area contributed by atoms with E-state index in [-0.39, 0.29) is 24.2 Å². The molecule has 0 bridgehead atoms. The highest BCUT2D eigenvalue weighted by Crippen LogP contribution is 2.36. The predicted molar refractivity (Wildman–Crippen MR) is 116 cm³/mol. The fourth-order valence-electron chi connectivity index (χ4n) is 5.03. The highest BCUT2D eigenvalue weighted by Gasteiger charge is 2.32. The van der Waals surface area contributed by atoms with Gasteiger partial charge in [0.25, 0.3) is 0 Å². The maximum atomic E-state index is 11.3. The van der Waals surface area contributed by atoms with Gasteiger partial charge >= 0.3 is 5.97 Å². The zero-order valence-corrected chi connectivity index (χ0v) is 18.8. The summed E-state index contributed by atoms with van der Waals surface area (Å²) in [5.74, 6) is 2.16. The van der Waals surface area contributed by atoms with Crippen molar-refractivity contribution in [1.82, 2.24) is 0 Å². The number of hydrogen-bond acceptors (Lipinski definition) is 4. The third kappa shape index (κ3) is 7.56. The van der Waals surface area contributed by atoms with Gasteiger partial charge in [-0.1, -0.05) is 31.9 Å². The second-order valence-electron chi connectivity index (χ2n) is 9.26. The molecule has 0 spiro atoms. The van der Waals surface area contributed by atoms with Crippen molar-refractivity contribution >= 4 is 17.6 Å². The molecule has 166 valence electrons. The molecule has 3 fully saturated rings. The van der Waals surface area contributed by atoms with Crippen LogP contribution in [0.15, 0.2) is 12.2 Å². The average molecular weight is 427 g/mol. The number of alkyl halides is 1. The molecule has 0 N–H and O–H groups in total. The molecule has 3 aliphatic rings. The summed E-state index contributed by atoms with van der Waals surface area (Å²) in [5, 5.41) is 0. The van der Waals surface area contributed by atoms with E-state index < -0.39 is 0 Å². The Balaban J connectivity index is 1.31. The summed E-state index contributed by atoms with van der Waals surface area (Å²) in [6, 6.07) is 0. The smallest absolute Gasteiger partial charge is 0.321 e. The zero-order valence-electron chi connectivity index (χ0n) is 18.0. The first-order valence-electron chi connectivity index (χ1n) is 11.8. The summed E-state index contributed by atoms with van der Waals surface area (Å²) in [4.78, 5) is 11.3. The monoisotopic (exact) mass is 426 g/mol. The van der Waals surface area contributed by atoms with Crippen molar-refractivity contribution in [3.05, 3.63) is 12.2 Å². The summed E-state index contributed by atoms with van der Waals surface area (Å²) >= 11 is 5.52. The van der Waals surface area contributed by atoms with Crippen LogP contribution in [0, 0.1) is 23.7 Å². The third-order valence-electron chi connectivity index (χ3n) is 6.94. The molecular formula is C24H39ClO4. The number of esters is 1. The van der Waals surface area contributed by atoms with Gasteiger partial charge in [-0.2, -0.15) is 0 Å². The highest BCUT2D eigenvalue weighted by molar-refractivity contribution is 6.26. The summed E-state index contributed by atoms with van der Waals surface area (Å²) in [5.41, 5.74) is 0. The number of allylic oxidation sites excluding steroid dienone is 2. The van der Waals surface area contributed by atoms with E-state index in [9.17, 15) is 4.79 Å². The van der Waals surface area contributed by atoms with Crippen LogP contribution in [0.4, 0.5) is 0 Å². The molecule has 29 heavy (non-hydrogen) atoms. The predicted octanol–water partition coefficient (Wildman–Crippen LogP) is 5.87. The number of hydrogen-bond donors (Lipinski definition) is 0. The number of halogens is 1. The largest absolute Gasteiger partial charge is 0.461 e. The molecule has 0 unspecified atom stereocenters. The topological polar surface area (TPSA) is 44.8 Å². The van der Waals surface area contributed by atoms with Crippen molar-refractivity contribution in [2.45, 2.75) is 89.9 Å². The van der Waals surface area contributed by atoms with Gasteiger partial charge in [-0.05, 0) is 69.6 Å². The maximum Gasteiger partial charge on any atom is 0.321 e. The van der Waals surface area contributed by atoms with E-state index >= 15 is 0 Å². The lowest BCUT2D eigenvalue weighted by atomic mass is 9.80. The number of carbonyl (C=O) groups excluding carboxylic acids is 1. The first-order valence-corrected chi connectivity index (χ1v) is 12.4. The van der Waals surface area contributed by atoms with Crippen LogP contribution >= 0.6 is 11.6 Å². The minimum atomic E-state index is -0.287. The van der Waals surface area contributed by atoms with Gasteiger partial charge in [0.15, 0.2) is 6.29 Å². The highest BCUT2D eigenvalue weighted by atomic mass is 35.5. The van der Waals surface area contributed by atoms with Crippen molar-refractivity contribution < 1.29 is 19.0 Å². The van der Waals surface area contributed by atoms with Gasteiger partial charge in [0.05, 0.1) is 13.2 Å². The lowest BCUT2D eigenvalue weighted by Gasteiger charge is -2.37. The van der Waals surface area contributed by atoms with Crippen LogP contribution < -0.4 is 0 Å². The molecule has 4 nitrogen and oxygen atoms in total. The number of ether oxygens (including phenoxy) is 3. The van der Waals surface area contributed by atoms with Gasteiger partial charge in [-0.15, -0.1) is 11.6 Å². The van der Waals surface area contributed by atoms with Crippen molar-refractivity contribution in [1.29, 1.82) is 0 Å². The Morgan fingerprint density at radius 2 is 1.55 bits per heavy atom. The van der Waals surface area contributed by atoms with Crippen molar-refractivity contribution in [2.75, 3.05) is 19.1 Å². The molecule has 0 amide bonds. The molecule has 0 aromatic rings. The van der Waals surface area contributed by atoms with Crippen LogP contribution in [-0.2, 0) is 19.0 Å². The molecule has 1 aliphatic heterocycles. The van der Waals surface area contributed by atoms with E-state index in [4.69, 9.17) is 25.8 Å². The SMILES string of the molecule is CCCCC1COC(C2CCC(/C=C/C3CCC(OC(=O)CCl)CC3)CC2)OC1. The Morgan fingerprint density at radius 1 is 0.966 bits per heavy atom. The van der Waals surface area contributed by atoms with Crippen molar-refractivity contribution in [3.63, 3.8) is 0 Å². The molecule has 0 aromatic heterocycles. The van der Waals surface area contributed by atoms with Crippen LogP contribution in [0.25, 0.3) is 0 Å². The summed E-state index contributed by atoms with van der Waals surface area (Å²) in [6.45, 7) is 4.01. The minimum absolute atomic E-state index is 0.0313. The molecule has 0 radical (unpaired) electrons. The lowest BCUT2D eigenvalue weighted by Crippen LogP contribution is -2.38. The van der Waals surface area contributed by atoms with Gasteiger partial charge in [0, 0.05) is 11.8 Å². The molecule has 0 atom stereocenters. The van der Waals surface area contributed by atoms with Crippen LogP contribution in [0.1, 0.15) is 77.6 Å². The Labute approximate surface area is 181 Å². The molecule has 2 aliphatic carbocycles. The second-order valence-corrected chi connectivity index (χ2v) is 9.53. The molecule has 3 rings (SSSR count). The van der Waals surface area contributed by atoms with Gasteiger partial charge in [-0.25, -0.2) is 0 Å². The van der Waals surface area contributed by atoms with Crippen LogP contribution in [0.3, 0.4) is 0 Å². The Bertz CT molecular complexity index is 499. The maximum absolute atomic E-state index is 11.3. The zero-order chi connectivity index (χ0) is 20.5. The van der Waals surface area contributed by atoms with E-state index in [0.29, 0.717) is 23.7 Å². The van der Waals surface area contributed by atoms with Crippen LogP contribution in [-0.4, -0.2) is 37.5 Å². The Hall–Kier alpha value is -0.580. The Morgan fingerprint density at radius 3 is 2.10 bits per heavy atom. The molecule has 1 saturated heterocycles. The minimum Gasteiger partial charge on any atom is -0.461 e. The molecular weight excluding hydrogens is 388 g/mol. The van der Waals surface area contributed by atoms with E-state index in [2.05, 4.69) is 19.1 Å². The number of carbonyl (C=O) groups is 1. The van der Waals surface area contributed by atoms with E-state index in [0.717, 1.165) is 38.9 Å². The van der Waals surface area contributed by atoms with Crippen LogP contribution in [0.2, 0.25) is 0 Å². The van der Waals surface area contributed by atoms with Crippen molar-refractivity contribution in [2.24, 2.45) is 23.7 Å². The van der Waals surface area contributed by atoms with Crippen LogP contribution in [0.5, 0.6) is 0 Å². The number of unbranched alkanes of at least 4 members (excludes halogenated alkanes) is 1. The third-order valence-corrected chi connectivity index (χ3v) is 7.16. The van der Waals surface area contributed by atoms with Gasteiger partial charge < -0.3 is 14.2 Å². The molecule has 1 heterocycles. The summed E-state index contributed by atoms with van der Waals surface area (Å²) in [7, 11) is 0. The van der Waals surface area contributed by atoms with E-state index in [1.165, 1.54) is 44.9 Å². The molecule has 0 aromatic carbocycles. The van der Waals surface area contributed by atoms with Gasteiger partial charge in [0.2, 0.25) is 0 Å². The van der Waals surface area contributed by atoms with Gasteiger partial charge in [-0.3, -0.25) is 4.79 Å². The van der Waals surface area contributed by atoms with E-state index in [1.807, 2.05) is 0 Å². The Kier molecular flexibility index (Phi) is 9.81. The first-order chi connectivity index (χ1) is 14.2. The van der Waals surface area contributed by atoms with Crippen molar-refractivity contribution in [3.8, 4) is 0 Å². The fraction of sp³-hybridized carbons (Fsp3) is 0.875. The lowest BCUT2D eigenvalue weighted by molar-refractivity contribution is -0.229. The number of rotatable bonds is 8. The normalized spacial score (nSPS) is 36.2. The first kappa shape index (κ1) is 23.1. The summed E-state index contributed by atoms with van der Waals surface area (Å²) in [6.07, 6.45) is 17.8. The standard InChI is InChI=1S/C24H39ClO4/c1-2-3-4-20-16-27-24(28-17-20)21-11-7-18(8-12-21)5-6-19-9-13-22(14-10-19)29-23(26)15-25/h5-6,18-22,24H,2-4,7-17H2,1H3/b6-5+. The van der Waals surface area contributed by atoms with E-state index in [1.54, 1.807) is 0 Å². The van der Waals surface area contributed by atoms with Gasteiger partial charge in [0.1, 0.15) is 12.0 Å². The fourth-order valence-corrected chi connectivity index (χ4v) is 5.09. The quantitative estimate of drug-likeness (QED) is 0.276. The summed E-state index contributed by atoms with van der Waals surface area (Å²) < 4.78 is 17.5. The average Bonchev–Trinajstić information content (AvgIpc) is 2.78.